The lowest BCUT2D eigenvalue weighted by Gasteiger charge is -1.97. The van der Waals surface area contributed by atoms with Gasteiger partial charge in [0.1, 0.15) is 0 Å². The molecule has 0 fully saturated rings. The minimum atomic E-state index is 0.807. The summed E-state index contributed by atoms with van der Waals surface area (Å²) in [6.07, 6.45) is 2.85. The molecule has 0 aliphatic heterocycles. The van der Waals surface area contributed by atoms with Crippen molar-refractivity contribution in [2.75, 3.05) is 0 Å². The number of halogens is 1. The van der Waals surface area contributed by atoms with E-state index >= 15 is 0 Å². The molecule has 0 aromatic heterocycles. The third-order valence-corrected chi connectivity index (χ3v) is 2.32. The maximum Gasteiger partial charge on any atom is 0.0736 e. The molecule has 0 aliphatic carbocycles. The van der Waals surface area contributed by atoms with E-state index in [9.17, 15) is 0 Å². The molecule has 0 nitrogen and oxygen atoms in total. The van der Waals surface area contributed by atoms with Crippen molar-refractivity contribution in [3.63, 3.8) is 0 Å². The van der Waals surface area contributed by atoms with Crippen molar-refractivity contribution in [2.45, 2.75) is 20.3 Å². The van der Waals surface area contributed by atoms with Gasteiger partial charge < -0.3 is 0 Å². The van der Waals surface area contributed by atoms with E-state index in [4.69, 9.17) is 11.6 Å². The average Bonchev–Trinajstić information content (AvgIpc) is 1.87. The Kier molecular flexibility index (Phi) is 5.02. The molecule has 0 atom stereocenters. The van der Waals surface area contributed by atoms with Crippen LogP contribution in [0.5, 0.6) is 0 Å². The molecule has 52 valence electrons. The van der Waals surface area contributed by atoms with Crippen LogP contribution in [0.3, 0.4) is 0 Å². The predicted octanol–water partition coefficient (Wildman–Crippen LogP) is 3.74. The topological polar surface area (TPSA) is 0 Å². The van der Waals surface area contributed by atoms with Gasteiger partial charge in [-0.25, -0.2) is 0 Å². The van der Waals surface area contributed by atoms with Crippen LogP contribution in [0.25, 0.3) is 0 Å². The molecule has 0 N–H and O–H groups in total. The average molecular weight is 163 g/mol. The first-order chi connectivity index (χ1) is 4.20. The van der Waals surface area contributed by atoms with Gasteiger partial charge in [0.15, 0.2) is 0 Å². The minimum absolute atomic E-state index is 0.807. The second kappa shape index (κ2) is 4.95. The summed E-state index contributed by atoms with van der Waals surface area (Å²) in [6.45, 7) is 7.78. The maximum atomic E-state index is 5.70. The van der Waals surface area contributed by atoms with Crippen molar-refractivity contribution in [1.82, 2.24) is 0 Å². The maximum absolute atomic E-state index is 5.70. The summed E-state index contributed by atoms with van der Waals surface area (Å²) in [5.41, 5.74) is 0. The molecule has 0 rings (SSSR count). The van der Waals surface area contributed by atoms with Crippen LogP contribution in [0.2, 0.25) is 0 Å². The van der Waals surface area contributed by atoms with Crippen molar-refractivity contribution in [2.24, 2.45) is 0 Å². The zero-order chi connectivity index (χ0) is 7.28. The van der Waals surface area contributed by atoms with Crippen molar-refractivity contribution in [3.8, 4) is 0 Å². The molecule has 0 unspecified atom stereocenters. The van der Waals surface area contributed by atoms with Crippen LogP contribution >= 0.6 is 23.4 Å². The number of hydrogen-bond acceptors (Lipinski definition) is 1. The van der Waals surface area contributed by atoms with Gasteiger partial charge in [0, 0.05) is 0 Å². The summed E-state index contributed by atoms with van der Waals surface area (Å²) in [5.74, 6) is 0. The van der Waals surface area contributed by atoms with Crippen molar-refractivity contribution < 1.29 is 0 Å². The van der Waals surface area contributed by atoms with Crippen molar-refractivity contribution in [1.29, 1.82) is 0 Å². The highest BCUT2D eigenvalue weighted by Gasteiger charge is 1.92. The lowest BCUT2D eigenvalue weighted by atomic mass is 10.5. The lowest BCUT2D eigenvalue weighted by molar-refractivity contribution is 1.21. The van der Waals surface area contributed by atoms with Gasteiger partial charge in [-0.2, -0.15) is 0 Å². The lowest BCUT2D eigenvalue weighted by Crippen LogP contribution is -1.67. The molecule has 0 heterocycles. The number of allylic oxidation sites excluding steroid dienone is 2. The zero-order valence-electron chi connectivity index (χ0n) is 5.78. The van der Waals surface area contributed by atoms with Gasteiger partial charge in [0.25, 0.3) is 0 Å². The Hall–Kier alpha value is 0.120. The van der Waals surface area contributed by atoms with Gasteiger partial charge in [-0.05, 0) is 18.2 Å². The smallest absolute Gasteiger partial charge is 0.0736 e. The summed E-state index contributed by atoms with van der Waals surface area (Å²) < 4.78 is 0.807. The fourth-order valence-electron chi connectivity index (χ4n) is 0.269. The quantitative estimate of drug-likeness (QED) is 0.609. The molecule has 0 amide bonds. The van der Waals surface area contributed by atoms with Gasteiger partial charge in [0.05, 0.1) is 4.36 Å². The molecule has 0 aromatic carbocycles. The molecule has 0 saturated heterocycles. The summed E-state index contributed by atoms with van der Waals surface area (Å²) >= 11 is 7.23. The van der Waals surface area contributed by atoms with Crippen LogP contribution in [-0.2, 0) is 0 Å². The van der Waals surface area contributed by atoms with Crippen LogP contribution < -0.4 is 0 Å². The van der Waals surface area contributed by atoms with Crippen LogP contribution in [0.1, 0.15) is 20.3 Å². The Morgan fingerprint density at radius 3 is 2.67 bits per heavy atom. The van der Waals surface area contributed by atoms with E-state index in [1.165, 1.54) is 11.8 Å². The van der Waals surface area contributed by atoms with E-state index in [0.29, 0.717) is 0 Å². The molecule has 0 spiro atoms. The molecule has 2 heteroatoms. The van der Waals surface area contributed by atoms with Gasteiger partial charge in [-0.1, -0.05) is 42.9 Å². The zero-order valence-corrected chi connectivity index (χ0v) is 7.35. The second-order valence-corrected chi connectivity index (χ2v) is 3.44. The number of rotatable bonds is 3. The van der Waals surface area contributed by atoms with E-state index in [-0.39, 0.29) is 0 Å². The van der Waals surface area contributed by atoms with E-state index in [1.807, 2.05) is 13.0 Å². The Labute approximate surface area is 66.0 Å². The summed E-state index contributed by atoms with van der Waals surface area (Å²) in [5, 5.41) is 0. The van der Waals surface area contributed by atoms with E-state index in [0.717, 1.165) is 15.7 Å². The first kappa shape index (κ1) is 9.12. The normalized spacial score (nSPS) is 11.7. The third kappa shape index (κ3) is 4.61. The fourth-order valence-corrected chi connectivity index (χ4v) is 1.13. The first-order valence-corrected chi connectivity index (χ1v) is 4.07. The van der Waals surface area contributed by atoms with E-state index < -0.39 is 0 Å². The van der Waals surface area contributed by atoms with E-state index in [1.54, 1.807) is 0 Å². The monoisotopic (exact) mass is 162 g/mol. The molecule has 0 radical (unpaired) electrons. The Morgan fingerprint density at radius 1 is 1.78 bits per heavy atom. The largest absolute Gasteiger partial charge is 0.0891 e. The van der Waals surface area contributed by atoms with Gasteiger partial charge in [-0.3, -0.25) is 0 Å². The highest BCUT2D eigenvalue weighted by molar-refractivity contribution is 8.08. The molecular weight excluding hydrogens is 152 g/mol. The number of hydrogen-bond donors (Lipinski definition) is 0. The highest BCUT2D eigenvalue weighted by Crippen LogP contribution is 2.28. The molecule has 9 heavy (non-hydrogen) atoms. The predicted molar refractivity (Wildman–Crippen MR) is 46.6 cm³/mol. The molecule has 0 bridgehead atoms. The molecule has 0 aromatic rings. The van der Waals surface area contributed by atoms with Crippen LogP contribution in [0, 0.1) is 0 Å². The van der Waals surface area contributed by atoms with Gasteiger partial charge >= 0.3 is 0 Å². The van der Waals surface area contributed by atoms with Crippen LogP contribution in [-0.4, -0.2) is 0 Å². The summed E-state index contributed by atoms with van der Waals surface area (Å²) in [6, 6.07) is 0. The second-order valence-electron chi connectivity index (χ2n) is 1.59. The molecule has 0 aliphatic rings. The van der Waals surface area contributed by atoms with E-state index in [2.05, 4.69) is 13.5 Å². The Balaban J connectivity index is 3.60. The Bertz CT molecular complexity index is 127. The van der Waals surface area contributed by atoms with Gasteiger partial charge in [-0.15, -0.1) is 0 Å². The Morgan fingerprint density at radius 2 is 2.33 bits per heavy atom. The van der Waals surface area contributed by atoms with Crippen LogP contribution in [0.4, 0.5) is 0 Å². The van der Waals surface area contributed by atoms with Crippen molar-refractivity contribution in [3.05, 3.63) is 21.9 Å². The standard InChI is InChI=1S/C7H11ClS/c1-4-6(3)9-7(8)5-2/h5H,3-4H2,1-2H3/b7-5-. The van der Waals surface area contributed by atoms with Crippen molar-refractivity contribution >= 4 is 23.4 Å². The minimum Gasteiger partial charge on any atom is -0.0891 e. The van der Waals surface area contributed by atoms with Gasteiger partial charge in [0.2, 0.25) is 0 Å². The summed E-state index contributed by atoms with van der Waals surface area (Å²) in [7, 11) is 0. The summed E-state index contributed by atoms with van der Waals surface area (Å²) in [4.78, 5) is 1.11. The first-order valence-electron chi connectivity index (χ1n) is 2.88. The molecule has 0 saturated carbocycles. The third-order valence-electron chi connectivity index (χ3n) is 0.863. The highest BCUT2D eigenvalue weighted by atomic mass is 35.5. The fraction of sp³-hybridized carbons (Fsp3) is 0.429. The number of thioether (sulfide) groups is 1. The molecular formula is C7H11ClS. The SMILES string of the molecule is C=C(CC)S/C(Cl)=C\C. The van der Waals surface area contributed by atoms with Crippen LogP contribution in [0.15, 0.2) is 21.9 Å².